The van der Waals surface area contributed by atoms with Crippen molar-refractivity contribution in [3.8, 4) is 5.75 Å². The van der Waals surface area contributed by atoms with Crippen molar-refractivity contribution < 1.29 is 4.74 Å². The third-order valence-electron chi connectivity index (χ3n) is 3.59. The number of hydrogen-bond acceptors (Lipinski definition) is 4. The molecule has 0 aliphatic rings. The number of ether oxygens (including phenoxy) is 1. The summed E-state index contributed by atoms with van der Waals surface area (Å²) in [5, 5.41) is 7.85. The number of rotatable bonds is 5. The summed E-state index contributed by atoms with van der Waals surface area (Å²) in [5.41, 5.74) is 0. The lowest BCUT2D eigenvalue weighted by atomic mass is 10.1. The molecule has 3 aromatic rings. The molecule has 1 aromatic carbocycles. The average molecular weight is 298 g/mol. The van der Waals surface area contributed by atoms with Crippen molar-refractivity contribution in [3.63, 3.8) is 0 Å². The van der Waals surface area contributed by atoms with Gasteiger partial charge >= 0.3 is 0 Å². The Kier molecular flexibility index (Phi) is 4.06. The van der Waals surface area contributed by atoms with E-state index >= 15 is 0 Å². The minimum atomic E-state index is 0.286. The molecule has 2 aromatic heterocycles. The largest absolute Gasteiger partial charge is 0.496 e. The predicted octanol–water partition coefficient (Wildman–Crippen LogP) is 4.87. The summed E-state index contributed by atoms with van der Waals surface area (Å²) >= 11 is 1.77. The quantitative estimate of drug-likeness (QED) is 0.730. The van der Waals surface area contributed by atoms with Crippen LogP contribution in [0.5, 0.6) is 5.75 Å². The number of fused-ring (bicyclic) bond motifs is 1. The Balaban J connectivity index is 2.01. The Hall–Kier alpha value is -2.07. The van der Waals surface area contributed by atoms with E-state index in [-0.39, 0.29) is 6.04 Å². The van der Waals surface area contributed by atoms with Crippen LogP contribution < -0.4 is 10.1 Å². The second kappa shape index (κ2) is 6.14. The van der Waals surface area contributed by atoms with E-state index in [1.165, 1.54) is 4.88 Å². The number of methoxy groups -OCH3 is 1. The Morgan fingerprint density at radius 2 is 2.10 bits per heavy atom. The van der Waals surface area contributed by atoms with E-state index in [0.29, 0.717) is 0 Å². The second-order valence-electron chi connectivity index (χ2n) is 4.84. The fourth-order valence-electron chi connectivity index (χ4n) is 2.50. The molecule has 0 saturated heterocycles. The molecule has 108 valence electrons. The number of pyridine rings is 1. The number of thiophene rings is 1. The highest BCUT2D eigenvalue weighted by Crippen LogP contribution is 2.32. The van der Waals surface area contributed by atoms with Gasteiger partial charge in [-0.05, 0) is 30.0 Å². The number of hydrogen-bond donors (Lipinski definition) is 1. The Morgan fingerprint density at radius 3 is 2.81 bits per heavy atom. The third-order valence-corrected chi connectivity index (χ3v) is 4.58. The predicted molar refractivity (Wildman–Crippen MR) is 89.3 cm³/mol. The molecule has 0 spiro atoms. The normalized spacial score (nSPS) is 12.3. The van der Waals surface area contributed by atoms with Crippen molar-refractivity contribution in [3.05, 3.63) is 52.9 Å². The Morgan fingerprint density at radius 1 is 1.19 bits per heavy atom. The molecule has 3 rings (SSSR count). The van der Waals surface area contributed by atoms with Gasteiger partial charge in [0.25, 0.3) is 0 Å². The zero-order valence-corrected chi connectivity index (χ0v) is 13.0. The second-order valence-corrected chi connectivity index (χ2v) is 5.81. The van der Waals surface area contributed by atoms with Crippen LogP contribution in [0.25, 0.3) is 10.8 Å². The highest BCUT2D eigenvalue weighted by Gasteiger charge is 2.13. The van der Waals surface area contributed by atoms with Crippen LogP contribution in [-0.4, -0.2) is 12.1 Å². The van der Waals surface area contributed by atoms with Gasteiger partial charge in [0.1, 0.15) is 11.6 Å². The molecule has 0 fully saturated rings. The van der Waals surface area contributed by atoms with Crippen LogP contribution in [0.4, 0.5) is 5.82 Å². The zero-order chi connectivity index (χ0) is 14.7. The molecule has 0 amide bonds. The van der Waals surface area contributed by atoms with Gasteiger partial charge in [0.2, 0.25) is 0 Å². The van der Waals surface area contributed by atoms with Gasteiger partial charge in [0, 0.05) is 21.8 Å². The van der Waals surface area contributed by atoms with E-state index in [9.17, 15) is 0 Å². The average Bonchev–Trinajstić information content (AvgIpc) is 3.06. The maximum Gasteiger partial charge on any atom is 0.134 e. The molecule has 0 radical (unpaired) electrons. The van der Waals surface area contributed by atoms with Crippen molar-refractivity contribution in [1.82, 2.24) is 4.98 Å². The molecular formula is C17H18N2OS. The van der Waals surface area contributed by atoms with Crippen molar-refractivity contribution in [2.75, 3.05) is 12.4 Å². The zero-order valence-electron chi connectivity index (χ0n) is 12.2. The first kappa shape index (κ1) is 13.9. The van der Waals surface area contributed by atoms with Gasteiger partial charge in [-0.3, -0.25) is 0 Å². The monoisotopic (exact) mass is 298 g/mol. The van der Waals surface area contributed by atoms with Gasteiger partial charge in [0.15, 0.2) is 0 Å². The molecule has 4 heteroatoms. The summed E-state index contributed by atoms with van der Waals surface area (Å²) in [4.78, 5) is 5.85. The lowest BCUT2D eigenvalue weighted by molar-refractivity contribution is 0.420. The molecule has 2 heterocycles. The topological polar surface area (TPSA) is 34.2 Å². The van der Waals surface area contributed by atoms with Crippen LogP contribution in [-0.2, 0) is 0 Å². The maximum atomic E-state index is 5.43. The van der Waals surface area contributed by atoms with Gasteiger partial charge < -0.3 is 10.1 Å². The molecular weight excluding hydrogens is 280 g/mol. The molecule has 0 aliphatic heterocycles. The van der Waals surface area contributed by atoms with E-state index in [1.807, 2.05) is 24.4 Å². The SMILES string of the molecule is CCC(Nc1nccc2c(OC)cccc12)c1cccs1. The summed E-state index contributed by atoms with van der Waals surface area (Å²) in [6, 6.07) is 12.6. The Labute approximate surface area is 128 Å². The first-order valence-corrected chi connectivity index (χ1v) is 7.93. The molecule has 0 aliphatic carbocycles. The Bertz CT molecular complexity index is 725. The minimum Gasteiger partial charge on any atom is -0.496 e. The lowest BCUT2D eigenvalue weighted by Crippen LogP contribution is -2.09. The first-order chi connectivity index (χ1) is 10.3. The van der Waals surface area contributed by atoms with Gasteiger partial charge in [0.05, 0.1) is 13.2 Å². The lowest BCUT2D eigenvalue weighted by Gasteiger charge is -2.18. The highest BCUT2D eigenvalue weighted by atomic mass is 32.1. The van der Waals surface area contributed by atoms with Gasteiger partial charge in [-0.15, -0.1) is 11.3 Å². The number of anilines is 1. The van der Waals surface area contributed by atoms with E-state index in [0.717, 1.165) is 28.8 Å². The molecule has 21 heavy (non-hydrogen) atoms. The van der Waals surface area contributed by atoms with Gasteiger partial charge in [-0.1, -0.05) is 25.1 Å². The summed E-state index contributed by atoms with van der Waals surface area (Å²) in [6.45, 7) is 2.18. The minimum absolute atomic E-state index is 0.286. The van der Waals surface area contributed by atoms with Crippen LogP contribution in [0.1, 0.15) is 24.3 Å². The number of nitrogens with one attached hydrogen (secondary N) is 1. The van der Waals surface area contributed by atoms with E-state index < -0.39 is 0 Å². The number of aromatic nitrogens is 1. The molecule has 3 nitrogen and oxygen atoms in total. The van der Waals surface area contributed by atoms with Gasteiger partial charge in [-0.25, -0.2) is 4.98 Å². The maximum absolute atomic E-state index is 5.43. The van der Waals surface area contributed by atoms with Crippen LogP contribution in [0.2, 0.25) is 0 Å². The fraction of sp³-hybridized carbons (Fsp3) is 0.235. The summed E-state index contributed by atoms with van der Waals surface area (Å²) < 4.78 is 5.43. The molecule has 0 saturated carbocycles. The molecule has 1 atom stereocenters. The van der Waals surface area contributed by atoms with Crippen LogP contribution in [0.3, 0.4) is 0 Å². The van der Waals surface area contributed by atoms with Crippen LogP contribution in [0.15, 0.2) is 48.0 Å². The third kappa shape index (κ3) is 2.72. The smallest absolute Gasteiger partial charge is 0.134 e. The molecule has 1 unspecified atom stereocenters. The summed E-state index contributed by atoms with van der Waals surface area (Å²) in [6.07, 6.45) is 2.84. The molecule has 0 bridgehead atoms. The number of nitrogens with zero attached hydrogens (tertiary/aromatic N) is 1. The molecule has 1 N–H and O–H groups in total. The van der Waals surface area contributed by atoms with Crippen molar-refractivity contribution in [2.45, 2.75) is 19.4 Å². The van der Waals surface area contributed by atoms with Crippen LogP contribution >= 0.6 is 11.3 Å². The highest BCUT2D eigenvalue weighted by molar-refractivity contribution is 7.10. The standard InChI is InChI=1S/C17H18N2OS/c1-3-14(16-8-5-11-21-16)19-17-13-6-4-7-15(20-2)12(13)9-10-18-17/h4-11,14H,3H2,1-2H3,(H,18,19). The van der Waals surface area contributed by atoms with Crippen molar-refractivity contribution >= 4 is 27.9 Å². The van der Waals surface area contributed by atoms with Crippen molar-refractivity contribution in [1.29, 1.82) is 0 Å². The van der Waals surface area contributed by atoms with Crippen LogP contribution in [0, 0.1) is 0 Å². The van der Waals surface area contributed by atoms with E-state index in [4.69, 9.17) is 4.74 Å². The summed E-state index contributed by atoms with van der Waals surface area (Å²) in [7, 11) is 1.70. The number of benzene rings is 1. The van der Waals surface area contributed by atoms with Gasteiger partial charge in [-0.2, -0.15) is 0 Å². The van der Waals surface area contributed by atoms with E-state index in [1.54, 1.807) is 18.4 Å². The van der Waals surface area contributed by atoms with Crippen molar-refractivity contribution in [2.24, 2.45) is 0 Å². The summed E-state index contributed by atoms with van der Waals surface area (Å²) in [5.74, 6) is 1.79. The fourth-order valence-corrected chi connectivity index (χ4v) is 3.36. The van der Waals surface area contributed by atoms with E-state index in [2.05, 4.69) is 40.8 Å². The first-order valence-electron chi connectivity index (χ1n) is 7.05.